The van der Waals surface area contributed by atoms with E-state index in [2.05, 4.69) is 0 Å². The van der Waals surface area contributed by atoms with Crippen LogP contribution in [0.1, 0.15) is 0 Å². The van der Waals surface area contributed by atoms with E-state index in [1.807, 2.05) is 0 Å². The van der Waals surface area contributed by atoms with Crippen molar-refractivity contribution in [1.82, 2.24) is 0 Å². The van der Waals surface area contributed by atoms with Crippen molar-refractivity contribution in [2.24, 2.45) is 17.5 Å². The summed E-state index contributed by atoms with van der Waals surface area (Å²) < 4.78 is 46.0. The van der Waals surface area contributed by atoms with Gasteiger partial charge in [0, 0.05) is 0 Å². The predicted octanol–water partition coefficient (Wildman–Crippen LogP) is 5.02. The average molecular weight is 610 g/mol. The number of halogens is 3. The van der Waals surface area contributed by atoms with E-state index in [0.717, 1.165) is 0 Å². The molecule has 0 aliphatic rings. The molecule has 206 valence electrons. The number of nitrogens with two attached hydrogens (primary N) is 3. The molecule has 38 heavy (non-hydrogen) atoms. The first-order chi connectivity index (χ1) is 18.0. The number of nitrogens with zero attached hydrogens (tertiary/aromatic N) is 3. The third kappa shape index (κ3) is 6.65. The first-order valence-corrected chi connectivity index (χ1v) is 13.0. The number of para-hydroxylation sites is 3. The fourth-order valence-electron chi connectivity index (χ4n) is 3.11. The van der Waals surface area contributed by atoms with Gasteiger partial charge in [0.1, 0.15) is 34.3 Å². The molecule has 0 aliphatic heterocycles. The highest BCUT2D eigenvalue weighted by molar-refractivity contribution is 7.48. The minimum absolute atomic E-state index is 0.0260. The number of anilines is 3. The van der Waals surface area contributed by atoms with E-state index in [-0.39, 0.29) is 49.4 Å². The monoisotopic (exact) mass is 608 g/mol. The Kier molecular flexibility index (Phi) is 10.2. The topological polar surface area (TPSA) is 160 Å². The molecule has 0 radical (unpaired) electrons. The minimum Gasteiger partial charge on any atom is -0.494 e. The van der Waals surface area contributed by atoms with Gasteiger partial charge in [-0.2, -0.15) is 15.5 Å². The van der Waals surface area contributed by atoms with Crippen LogP contribution in [-0.2, 0) is 18.4 Å². The number of ether oxygens (including phenoxy) is 3. The van der Waals surface area contributed by atoms with E-state index in [1.54, 1.807) is 18.2 Å². The van der Waals surface area contributed by atoms with Gasteiger partial charge in [-0.25, -0.2) is 22.1 Å². The molecule has 0 saturated heterocycles. The second kappa shape index (κ2) is 12.9. The number of hydrazine groups is 3. The average Bonchev–Trinajstić information content (AvgIpc) is 2.87. The van der Waals surface area contributed by atoms with Gasteiger partial charge in [0.15, 0.2) is 0 Å². The third-order valence-electron chi connectivity index (χ3n) is 4.73. The lowest BCUT2D eigenvalue weighted by Crippen LogP contribution is -2.39. The zero-order chi connectivity index (χ0) is 28.0. The van der Waals surface area contributed by atoms with Crippen molar-refractivity contribution in [3.63, 3.8) is 0 Å². The van der Waals surface area contributed by atoms with Gasteiger partial charge in [0.05, 0.1) is 36.4 Å². The summed E-state index contributed by atoms with van der Waals surface area (Å²) in [5.74, 6) is 18.7. The maximum atomic E-state index is 14.0. The standard InChI is InChI=1S/C21H24Cl3N6O7P/c1-32-16-10-4-7-13(22)19(16)28(25)35-38(31,36-29(26)20-14(23)8-5-11-17(20)33-2)37-30(27)21-15(24)9-6-12-18(21)34-3/h4-12H,25-27H2,1-3H3. The predicted molar refractivity (Wildman–Crippen MR) is 145 cm³/mol. The summed E-state index contributed by atoms with van der Waals surface area (Å²) in [6.07, 6.45) is 0. The smallest absolute Gasteiger partial charge is 0.494 e. The number of hydrogen-bond acceptors (Lipinski definition) is 13. The molecule has 3 rings (SSSR count). The molecular formula is C21H24Cl3N6O7P. The van der Waals surface area contributed by atoms with Crippen LogP contribution in [0.4, 0.5) is 17.1 Å². The number of methoxy groups -OCH3 is 3. The van der Waals surface area contributed by atoms with Crippen molar-refractivity contribution in [3.05, 3.63) is 69.7 Å². The number of rotatable bonds is 12. The molecule has 0 saturated carbocycles. The van der Waals surface area contributed by atoms with Crippen LogP contribution in [0.5, 0.6) is 17.2 Å². The van der Waals surface area contributed by atoms with Gasteiger partial charge in [0.2, 0.25) is 0 Å². The van der Waals surface area contributed by atoms with Crippen LogP contribution in [0.2, 0.25) is 15.1 Å². The first kappa shape index (κ1) is 29.9. The third-order valence-corrected chi connectivity index (χ3v) is 6.78. The quantitative estimate of drug-likeness (QED) is 0.143. The highest BCUT2D eigenvalue weighted by Gasteiger charge is 2.39. The Hall–Kier alpha value is -2.68. The maximum absolute atomic E-state index is 14.0. The van der Waals surface area contributed by atoms with Crippen LogP contribution in [-0.4, -0.2) is 21.3 Å². The summed E-state index contributed by atoms with van der Waals surface area (Å²) in [5.41, 5.74) is -0.0781. The van der Waals surface area contributed by atoms with Gasteiger partial charge in [0.25, 0.3) is 0 Å². The zero-order valence-electron chi connectivity index (χ0n) is 20.2. The molecule has 0 unspecified atom stereocenters. The van der Waals surface area contributed by atoms with Crippen molar-refractivity contribution in [1.29, 1.82) is 0 Å². The largest absolute Gasteiger partial charge is 0.543 e. The molecule has 6 N–H and O–H groups in total. The Morgan fingerprint density at radius 2 is 0.842 bits per heavy atom. The molecule has 0 aromatic heterocycles. The van der Waals surface area contributed by atoms with Crippen LogP contribution in [0.25, 0.3) is 0 Å². The molecule has 0 aliphatic carbocycles. The fourth-order valence-corrected chi connectivity index (χ4v) is 4.84. The van der Waals surface area contributed by atoms with Crippen molar-refractivity contribution in [2.75, 3.05) is 36.8 Å². The molecular weight excluding hydrogens is 586 g/mol. The van der Waals surface area contributed by atoms with E-state index in [1.165, 1.54) is 57.7 Å². The molecule has 3 aromatic rings. The van der Waals surface area contributed by atoms with E-state index in [9.17, 15) is 4.57 Å². The van der Waals surface area contributed by atoms with Crippen LogP contribution in [0.15, 0.2) is 54.6 Å². The second-order valence-corrected chi connectivity index (χ2v) is 9.65. The van der Waals surface area contributed by atoms with Gasteiger partial charge < -0.3 is 14.2 Å². The number of benzene rings is 3. The van der Waals surface area contributed by atoms with E-state index >= 15 is 0 Å². The van der Waals surface area contributed by atoms with Crippen molar-refractivity contribution in [2.45, 2.75) is 0 Å². The van der Waals surface area contributed by atoms with Gasteiger partial charge in [-0.1, -0.05) is 53.0 Å². The van der Waals surface area contributed by atoms with Crippen LogP contribution in [0, 0.1) is 0 Å². The molecule has 0 atom stereocenters. The Bertz CT molecular complexity index is 1170. The first-order valence-electron chi connectivity index (χ1n) is 10.4. The van der Waals surface area contributed by atoms with Crippen LogP contribution < -0.4 is 47.3 Å². The van der Waals surface area contributed by atoms with Crippen molar-refractivity contribution in [3.8, 4) is 17.2 Å². The van der Waals surface area contributed by atoms with E-state index in [0.29, 0.717) is 15.5 Å². The lowest BCUT2D eigenvalue weighted by atomic mass is 10.3. The van der Waals surface area contributed by atoms with E-state index in [4.69, 9.17) is 80.4 Å². The zero-order valence-corrected chi connectivity index (χ0v) is 23.4. The Morgan fingerprint density at radius 1 is 0.579 bits per heavy atom. The summed E-state index contributed by atoms with van der Waals surface area (Å²) in [6, 6.07) is 13.9. The second-order valence-electron chi connectivity index (χ2n) is 7.04. The van der Waals surface area contributed by atoms with Crippen molar-refractivity contribution < 1.29 is 32.6 Å². The summed E-state index contributed by atoms with van der Waals surface area (Å²) in [6.45, 7) is 0. The lowest BCUT2D eigenvalue weighted by Gasteiger charge is -2.30. The molecule has 13 nitrogen and oxygen atoms in total. The van der Waals surface area contributed by atoms with E-state index < -0.39 is 7.82 Å². The highest BCUT2D eigenvalue weighted by Crippen LogP contribution is 2.55. The van der Waals surface area contributed by atoms with Gasteiger partial charge in [-0.05, 0) is 36.4 Å². The molecule has 17 heteroatoms. The molecule has 0 amide bonds. The highest BCUT2D eigenvalue weighted by atomic mass is 35.5. The van der Waals surface area contributed by atoms with Gasteiger partial charge in [-0.3, -0.25) is 0 Å². The molecule has 0 bridgehead atoms. The van der Waals surface area contributed by atoms with Gasteiger partial charge in [-0.15, -0.1) is 13.9 Å². The van der Waals surface area contributed by atoms with Crippen LogP contribution >= 0.6 is 42.6 Å². The minimum atomic E-state index is -4.97. The Morgan fingerprint density at radius 3 is 1.08 bits per heavy atom. The van der Waals surface area contributed by atoms with Gasteiger partial charge >= 0.3 is 7.82 Å². The summed E-state index contributed by atoms with van der Waals surface area (Å²) >= 11 is 18.8. The van der Waals surface area contributed by atoms with Crippen molar-refractivity contribution >= 4 is 59.7 Å². The van der Waals surface area contributed by atoms with Crippen LogP contribution in [0.3, 0.4) is 0 Å². The summed E-state index contributed by atoms with van der Waals surface area (Å²) in [5, 5.41) is 1.76. The Balaban J connectivity index is 2.04. The Labute approximate surface area is 233 Å². The maximum Gasteiger partial charge on any atom is 0.543 e. The fraction of sp³-hybridized carbons (Fsp3) is 0.143. The summed E-state index contributed by atoms with van der Waals surface area (Å²) in [7, 11) is -0.873. The summed E-state index contributed by atoms with van der Waals surface area (Å²) in [4.78, 5) is 0. The lowest BCUT2D eigenvalue weighted by molar-refractivity contribution is 0.0850. The molecule has 0 heterocycles. The SMILES string of the molecule is COc1cccc(Cl)c1N(N)OP(=O)(ON(N)c1c(Cl)cccc1OC)ON(N)c1c(Cl)cccc1OC. The normalized spacial score (nSPS) is 11.2. The molecule has 3 aromatic carbocycles. The number of phosphoric acid groups is 1. The molecule has 0 spiro atoms. The molecule has 0 fully saturated rings. The number of hydrogen-bond donors (Lipinski definition) is 3.